The summed E-state index contributed by atoms with van der Waals surface area (Å²) < 4.78 is 27.2. The Morgan fingerprint density at radius 1 is 1.17 bits per heavy atom. The van der Waals surface area contributed by atoms with E-state index in [0.717, 1.165) is 23.3 Å². The molecular weight excluding hydrogens is 418 g/mol. The number of carboxylic acids is 1. The number of carbonyl (C=O) groups is 1. The number of carboxylic acid groups (broad SMARTS) is 1. The standard InChI is InChI=1S/C19H21N3O5S.ClH/c1-12(10-18(24)25)14-4-2-13(3-5-14)8-9-22-28(26,27)17-11-15(19(20)21)6-7-16(17)23;/h2-7,10-11,22-23H,8-9H2,1H3,(H3,20,21)(H,24,25);1H. The number of hydrogen-bond donors (Lipinski definition) is 5. The molecule has 6 N–H and O–H groups in total. The van der Waals surface area contributed by atoms with E-state index in [-0.39, 0.29) is 35.2 Å². The molecule has 0 bridgehead atoms. The molecule has 0 heterocycles. The van der Waals surface area contributed by atoms with Gasteiger partial charge in [-0.3, -0.25) is 5.41 Å². The van der Waals surface area contributed by atoms with E-state index in [1.165, 1.54) is 12.1 Å². The molecule has 0 aliphatic rings. The summed E-state index contributed by atoms with van der Waals surface area (Å²) in [5.74, 6) is -1.75. The van der Waals surface area contributed by atoms with Crippen molar-refractivity contribution in [2.75, 3.05) is 6.54 Å². The normalized spacial score (nSPS) is 11.6. The van der Waals surface area contributed by atoms with Gasteiger partial charge in [0.05, 0.1) is 0 Å². The molecule has 0 fully saturated rings. The maximum atomic E-state index is 12.4. The van der Waals surface area contributed by atoms with Gasteiger partial charge in [0.2, 0.25) is 10.0 Å². The van der Waals surface area contributed by atoms with Crippen molar-refractivity contribution in [1.82, 2.24) is 4.72 Å². The third kappa shape index (κ3) is 6.60. The van der Waals surface area contributed by atoms with E-state index < -0.39 is 21.7 Å². The molecule has 0 aliphatic carbocycles. The van der Waals surface area contributed by atoms with Crippen molar-refractivity contribution in [3.8, 4) is 5.75 Å². The summed E-state index contributed by atoms with van der Waals surface area (Å²) in [6.07, 6.45) is 1.51. The van der Waals surface area contributed by atoms with Crippen LogP contribution in [0.5, 0.6) is 5.75 Å². The lowest BCUT2D eigenvalue weighted by molar-refractivity contribution is -0.131. The van der Waals surface area contributed by atoms with Gasteiger partial charge in [-0.25, -0.2) is 17.9 Å². The number of aromatic hydroxyl groups is 1. The van der Waals surface area contributed by atoms with Gasteiger partial charge in [-0.05, 0) is 48.2 Å². The highest BCUT2D eigenvalue weighted by molar-refractivity contribution is 7.89. The highest BCUT2D eigenvalue weighted by Crippen LogP contribution is 2.23. The van der Waals surface area contributed by atoms with Crippen molar-refractivity contribution in [2.24, 2.45) is 5.73 Å². The number of phenols is 1. The zero-order valence-electron chi connectivity index (χ0n) is 15.5. The first-order valence-corrected chi connectivity index (χ1v) is 9.76. The molecule has 0 unspecified atom stereocenters. The molecule has 2 aromatic carbocycles. The van der Waals surface area contributed by atoms with Crippen LogP contribution in [0.1, 0.15) is 23.6 Å². The Labute approximate surface area is 175 Å². The van der Waals surface area contributed by atoms with Crippen LogP contribution in [0.3, 0.4) is 0 Å². The van der Waals surface area contributed by atoms with E-state index in [0.29, 0.717) is 12.0 Å². The van der Waals surface area contributed by atoms with Crippen LogP contribution >= 0.6 is 12.4 Å². The number of halogens is 1. The molecule has 29 heavy (non-hydrogen) atoms. The van der Waals surface area contributed by atoms with Gasteiger partial charge in [0.15, 0.2) is 0 Å². The minimum Gasteiger partial charge on any atom is -0.507 e. The smallest absolute Gasteiger partial charge is 0.328 e. The van der Waals surface area contributed by atoms with E-state index in [1.54, 1.807) is 31.2 Å². The zero-order chi connectivity index (χ0) is 20.9. The summed E-state index contributed by atoms with van der Waals surface area (Å²) in [6.45, 7) is 1.79. The summed E-state index contributed by atoms with van der Waals surface area (Å²) in [7, 11) is -3.98. The van der Waals surface area contributed by atoms with Crippen molar-refractivity contribution < 1.29 is 23.4 Å². The Morgan fingerprint density at radius 3 is 2.31 bits per heavy atom. The molecule has 0 saturated carbocycles. The average Bonchev–Trinajstić information content (AvgIpc) is 2.61. The lowest BCUT2D eigenvalue weighted by atomic mass is 10.0. The summed E-state index contributed by atoms with van der Waals surface area (Å²) in [5.41, 5.74) is 7.79. The van der Waals surface area contributed by atoms with Crippen LogP contribution in [0.15, 0.2) is 53.4 Å². The van der Waals surface area contributed by atoms with E-state index in [2.05, 4.69) is 4.72 Å². The average molecular weight is 440 g/mol. The highest BCUT2D eigenvalue weighted by atomic mass is 35.5. The number of rotatable bonds is 8. The van der Waals surface area contributed by atoms with Gasteiger partial charge in [0.25, 0.3) is 0 Å². The number of allylic oxidation sites excluding steroid dienone is 1. The predicted octanol–water partition coefficient (Wildman–Crippen LogP) is 2.11. The Bertz CT molecular complexity index is 1030. The quantitative estimate of drug-likeness (QED) is 0.241. The maximum absolute atomic E-state index is 12.4. The molecule has 0 atom stereocenters. The first-order chi connectivity index (χ1) is 13.1. The fourth-order valence-electron chi connectivity index (χ4n) is 2.51. The van der Waals surface area contributed by atoms with Gasteiger partial charge in [0, 0.05) is 18.2 Å². The molecular formula is C19H22ClN3O5S. The zero-order valence-corrected chi connectivity index (χ0v) is 17.2. The van der Waals surface area contributed by atoms with E-state index in [1.807, 2.05) is 0 Å². The molecule has 8 nitrogen and oxygen atoms in total. The second kappa shape index (κ2) is 10.1. The molecule has 0 amide bonds. The van der Waals surface area contributed by atoms with Crippen molar-refractivity contribution in [3.63, 3.8) is 0 Å². The number of nitrogens with one attached hydrogen (secondary N) is 2. The highest BCUT2D eigenvalue weighted by Gasteiger charge is 2.19. The Morgan fingerprint density at radius 2 is 1.76 bits per heavy atom. The van der Waals surface area contributed by atoms with Gasteiger partial charge < -0.3 is 15.9 Å². The van der Waals surface area contributed by atoms with Crippen molar-refractivity contribution in [2.45, 2.75) is 18.2 Å². The van der Waals surface area contributed by atoms with E-state index >= 15 is 0 Å². The molecule has 10 heteroatoms. The molecule has 0 aliphatic heterocycles. The topological polar surface area (TPSA) is 154 Å². The third-order valence-electron chi connectivity index (χ3n) is 4.02. The number of amidine groups is 1. The van der Waals surface area contributed by atoms with E-state index in [9.17, 15) is 18.3 Å². The first kappa shape index (κ1) is 24.2. The summed E-state index contributed by atoms with van der Waals surface area (Å²) in [6, 6.07) is 10.8. The van der Waals surface area contributed by atoms with Crippen LogP contribution in [0.4, 0.5) is 0 Å². The Hall–Kier alpha value is -2.88. The summed E-state index contributed by atoms with van der Waals surface area (Å²) in [5, 5.41) is 26.0. The predicted molar refractivity (Wildman–Crippen MR) is 113 cm³/mol. The lowest BCUT2D eigenvalue weighted by Gasteiger charge is -2.10. The molecule has 2 rings (SSSR count). The molecule has 0 radical (unpaired) electrons. The number of phenolic OH excluding ortho intramolecular Hbond substituents is 1. The number of hydrogen-bond acceptors (Lipinski definition) is 5. The van der Waals surface area contributed by atoms with Crippen molar-refractivity contribution >= 4 is 39.8 Å². The van der Waals surface area contributed by atoms with Gasteiger partial charge in [-0.2, -0.15) is 0 Å². The largest absolute Gasteiger partial charge is 0.507 e. The lowest BCUT2D eigenvalue weighted by Crippen LogP contribution is -2.26. The number of sulfonamides is 1. The monoisotopic (exact) mass is 439 g/mol. The molecule has 156 valence electrons. The SMILES string of the molecule is CC(=CC(=O)O)c1ccc(CCNS(=O)(=O)c2cc(C(=N)N)ccc2O)cc1.Cl. The van der Waals surface area contributed by atoms with Gasteiger partial charge in [0.1, 0.15) is 16.5 Å². The third-order valence-corrected chi connectivity index (χ3v) is 5.51. The first-order valence-electron chi connectivity index (χ1n) is 8.28. The Balaban J connectivity index is 0.00000420. The Kier molecular flexibility index (Phi) is 8.38. The van der Waals surface area contributed by atoms with Crippen LogP contribution in [0, 0.1) is 5.41 Å². The van der Waals surface area contributed by atoms with Gasteiger partial charge >= 0.3 is 5.97 Å². The van der Waals surface area contributed by atoms with Gasteiger partial charge in [-0.15, -0.1) is 12.4 Å². The fraction of sp³-hybridized carbons (Fsp3) is 0.158. The number of nitrogen functional groups attached to an aromatic ring is 1. The minimum absolute atomic E-state index is 0. The second-order valence-corrected chi connectivity index (χ2v) is 7.84. The molecule has 0 saturated heterocycles. The van der Waals surface area contributed by atoms with Crippen LogP contribution in [-0.2, 0) is 21.2 Å². The molecule has 0 spiro atoms. The summed E-state index contributed by atoms with van der Waals surface area (Å²) >= 11 is 0. The molecule has 0 aromatic heterocycles. The van der Waals surface area contributed by atoms with Crippen LogP contribution in [0.2, 0.25) is 0 Å². The number of benzene rings is 2. The van der Waals surface area contributed by atoms with Crippen molar-refractivity contribution in [3.05, 3.63) is 65.2 Å². The maximum Gasteiger partial charge on any atom is 0.328 e. The van der Waals surface area contributed by atoms with Crippen LogP contribution in [-0.4, -0.2) is 37.0 Å². The molecule has 2 aromatic rings. The van der Waals surface area contributed by atoms with E-state index in [4.69, 9.17) is 16.2 Å². The second-order valence-electron chi connectivity index (χ2n) is 6.11. The van der Waals surface area contributed by atoms with Gasteiger partial charge in [-0.1, -0.05) is 24.3 Å². The van der Waals surface area contributed by atoms with Crippen LogP contribution in [0.25, 0.3) is 5.57 Å². The minimum atomic E-state index is -3.98. The van der Waals surface area contributed by atoms with Crippen molar-refractivity contribution in [1.29, 1.82) is 5.41 Å². The summed E-state index contributed by atoms with van der Waals surface area (Å²) in [4.78, 5) is 10.4. The van der Waals surface area contributed by atoms with Crippen LogP contribution < -0.4 is 10.5 Å². The fourth-order valence-corrected chi connectivity index (χ4v) is 3.66. The number of nitrogens with two attached hydrogens (primary N) is 1. The number of aliphatic carboxylic acids is 1.